The molecule has 0 saturated carbocycles. The van der Waals surface area contributed by atoms with E-state index in [2.05, 4.69) is 35.7 Å². The van der Waals surface area contributed by atoms with E-state index in [9.17, 15) is 0 Å². The Morgan fingerprint density at radius 3 is 1.71 bits per heavy atom. The summed E-state index contributed by atoms with van der Waals surface area (Å²) in [5.41, 5.74) is 0. The van der Waals surface area contributed by atoms with Crippen LogP contribution < -0.4 is 0 Å². The maximum atomic E-state index is 2.65. The second kappa shape index (κ2) is 2.90. The van der Waals surface area contributed by atoms with Crippen molar-refractivity contribution < 1.29 is 0 Å². The molecule has 0 aliphatic carbocycles. The molecule has 44 valence electrons. The Morgan fingerprint density at radius 1 is 1.29 bits per heavy atom. The van der Waals surface area contributed by atoms with E-state index in [-0.39, 0.29) is 0 Å². The second-order valence-electron chi connectivity index (χ2n) is 3.03. The molecule has 0 aromatic rings. The standard InChI is InChI=1S/C5H14SeSi/c1-7(2,3)5-4-6/h6H,4-5H2,1-3H3. The molecule has 0 heterocycles. The van der Waals surface area contributed by atoms with Crippen molar-refractivity contribution in [3.8, 4) is 0 Å². The van der Waals surface area contributed by atoms with Gasteiger partial charge in [0, 0.05) is 0 Å². The Morgan fingerprint density at radius 2 is 1.71 bits per heavy atom. The fourth-order valence-corrected chi connectivity index (χ4v) is 5.23. The van der Waals surface area contributed by atoms with Crippen molar-refractivity contribution in [1.82, 2.24) is 0 Å². The minimum absolute atomic E-state index is 0.673. The first kappa shape index (κ1) is 7.74. The zero-order valence-corrected chi connectivity index (χ0v) is 8.24. The third-order valence-corrected chi connectivity index (χ3v) is 3.99. The van der Waals surface area contributed by atoms with Crippen molar-refractivity contribution in [2.24, 2.45) is 0 Å². The number of hydrogen-bond acceptors (Lipinski definition) is 0. The topological polar surface area (TPSA) is 0 Å². The van der Waals surface area contributed by atoms with E-state index >= 15 is 0 Å². The number of rotatable bonds is 2. The fourth-order valence-electron chi connectivity index (χ4n) is 0.335. The summed E-state index contributed by atoms with van der Waals surface area (Å²) >= 11 is 2.65. The molecule has 0 aliphatic rings. The molecular formula is C5H14SeSi. The van der Waals surface area contributed by atoms with Crippen LogP contribution in [0.5, 0.6) is 0 Å². The average molecular weight is 181 g/mol. The predicted molar refractivity (Wildman–Crippen MR) is 40.1 cm³/mol. The molecule has 0 bridgehead atoms. The van der Waals surface area contributed by atoms with Crippen molar-refractivity contribution in [2.75, 3.05) is 0 Å². The molecule has 0 N–H and O–H groups in total. The first-order chi connectivity index (χ1) is 3.06. The Hall–Kier alpha value is 0.736. The van der Waals surface area contributed by atoms with E-state index in [1.54, 1.807) is 0 Å². The summed E-state index contributed by atoms with van der Waals surface area (Å²) in [6.07, 6.45) is 0. The minimum atomic E-state index is -0.673. The zero-order chi connectivity index (χ0) is 5.91. The molecule has 0 amide bonds. The SMILES string of the molecule is C[Si](C)(C)CC[SeH]. The number of hydrogen-bond donors (Lipinski definition) is 0. The Balaban J connectivity index is 3.15. The average Bonchev–Trinajstić information content (AvgIpc) is 1.30. The van der Waals surface area contributed by atoms with Crippen LogP contribution in [0.15, 0.2) is 0 Å². The van der Waals surface area contributed by atoms with E-state index in [1.807, 2.05) is 0 Å². The maximum absolute atomic E-state index is 2.65. The molecule has 0 atom stereocenters. The van der Waals surface area contributed by atoms with E-state index in [1.165, 1.54) is 11.4 Å². The predicted octanol–water partition coefficient (Wildman–Crippen LogP) is 1.64. The van der Waals surface area contributed by atoms with Gasteiger partial charge in [-0.05, 0) is 0 Å². The fraction of sp³-hybridized carbons (Fsp3) is 1.00. The van der Waals surface area contributed by atoms with E-state index in [4.69, 9.17) is 0 Å². The van der Waals surface area contributed by atoms with E-state index in [0.29, 0.717) is 0 Å². The molecule has 0 radical (unpaired) electrons. The van der Waals surface area contributed by atoms with Crippen LogP contribution in [0.1, 0.15) is 0 Å². The molecule has 0 rings (SSSR count). The van der Waals surface area contributed by atoms with Crippen molar-refractivity contribution in [2.45, 2.75) is 31.0 Å². The van der Waals surface area contributed by atoms with Crippen molar-refractivity contribution in [3.63, 3.8) is 0 Å². The quantitative estimate of drug-likeness (QED) is 0.568. The third-order valence-electron chi connectivity index (χ3n) is 0.862. The van der Waals surface area contributed by atoms with Crippen molar-refractivity contribution >= 4 is 24.1 Å². The van der Waals surface area contributed by atoms with Gasteiger partial charge < -0.3 is 0 Å². The van der Waals surface area contributed by atoms with Crippen LogP contribution >= 0.6 is 0 Å². The molecule has 0 fully saturated rings. The van der Waals surface area contributed by atoms with E-state index < -0.39 is 8.07 Å². The summed E-state index contributed by atoms with van der Waals surface area (Å²) < 4.78 is 0. The summed E-state index contributed by atoms with van der Waals surface area (Å²) in [6.45, 7) is 7.21. The van der Waals surface area contributed by atoms with Gasteiger partial charge in [-0.1, -0.05) is 0 Å². The van der Waals surface area contributed by atoms with Crippen LogP contribution in [0.3, 0.4) is 0 Å². The van der Waals surface area contributed by atoms with Crippen molar-refractivity contribution in [1.29, 1.82) is 0 Å². The monoisotopic (exact) mass is 182 g/mol. The van der Waals surface area contributed by atoms with Crippen LogP contribution in [0, 0.1) is 0 Å². The molecule has 0 aliphatic heterocycles. The van der Waals surface area contributed by atoms with Gasteiger partial charge in [-0.25, -0.2) is 0 Å². The van der Waals surface area contributed by atoms with Gasteiger partial charge in [0.15, 0.2) is 0 Å². The van der Waals surface area contributed by atoms with Crippen LogP contribution in [-0.2, 0) is 0 Å². The first-order valence-electron chi connectivity index (χ1n) is 2.67. The van der Waals surface area contributed by atoms with Gasteiger partial charge in [0.2, 0.25) is 0 Å². The molecular weight excluding hydrogens is 167 g/mol. The molecule has 2 heteroatoms. The molecule has 0 spiro atoms. The van der Waals surface area contributed by atoms with Gasteiger partial charge >= 0.3 is 55.1 Å². The van der Waals surface area contributed by atoms with Gasteiger partial charge in [0.05, 0.1) is 0 Å². The molecule has 0 nitrogen and oxygen atoms in total. The van der Waals surface area contributed by atoms with Crippen LogP contribution in [0.25, 0.3) is 0 Å². The Bertz CT molecular complexity index is 46.5. The summed E-state index contributed by atoms with van der Waals surface area (Å²) in [7, 11) is -0.673. The molecule has 0 aromatic heterocycles. The van der Waals surface area contributed by atoms with Crippen LogP contribution in [0.4, 0.5) is 0 Å². The van der Waals surface area contributed by atoms with Gasteiger partial charge in [0.1, 0.15) is 0 Å². The Labute approximate surface area is 55.5 Å². The van der Waals surface area contributed by atoms with Gasteiger partial charge in [0.25, 0.3) is 0 Å². The molecule has 7 heavy (non-hydrogen) atoms. The third kappa shape index (κ3) is 6.74. The van der Waals surface area contributed by atoms with Gasteiger partial charge in [-0.15, -0.1) is 0 Å². The zero-order valence-electron chi connectivity index (χ0n) is 5.36. The normalized spacial score (nSPS) is 12.0. The second-order valence-corrected chi connectivity index (χ2v) is 9.59. The summed E-state index contributed by atoms with van der Waals surface area (Å²) in [5, 5.41) is 1.31. The van der Waals surface area contributed by atoms with E-state index in [0.717, 1.165) is 0 Å². The van der Waals surface area contributed by atoms with Crippen molar-refractivity contribution in [3.05, 3.63) is 0 Å². The van der Waals surface area contributed by atoms with Gasteiger partial charge in [-0.3, -0.25) is 0 Å². The summed E-state index contributed by atoms with van der Waals surface area (Å²) in [4.78, 5) is 0. The Kier molecular flexibility index (Phi) is 3.21. The molecule has 0 aromatic carbocycles. The molecule has 0 unspecified atom stereocenters. The first-order valence-corrected chi connectivity index (χ1v) is 7.70. The van der Waals surface area contributed by atoms with Crippen LogP contribution in [-0.4, -0.2) is 24.1 Å². The van der Waals surface area contributed by atoms with Crippen LogP contribution in [0.2, 0.25) is 31.0 Å². The summed E-state index contributed by atoms with van der Waals surface area (Å²) in [6, 6.07) is 1.45. The molecule has 0 saturated heterocycles. The summed E-state index contributed by atoms with van der Waals surface area (Å²) in [5.74, 6) is 0. The van der Waals surface area contributed by atoms with Gasteiger partial charge in [-0.2, -0.15) is 0 Å².